The molecule has 0 spiro atoms. The van der Waals surface area contributed by atoms with Crippen molar-refractivity contribution < 1.29 is 14.6 Å². The summed E-state index contributed by atoms with van der Waals surface area (Å²) in [6.07, 6.45) is 8.35. The van der Waals surface area contributed by atoms with Crippen molar-refractivity contribution in [1.82, 2.24) is 0 Å². The third kappa shape index (κ3) is 3.61. The molecule has 0 aliphatic heterocycles. The summed E-state index contributed by atoms with van der Waals surface area (Å²) in [6.45, 7) is 7.08. The summed E-state index contributed by atoms with van der Waals surface area (Å²) in [5.74, 6) is 1.79. The molecule has 3 nitrogen and oxygen atoms in total. The first-order valence-electron chi connectivity index (χ1n) is 8.82. The molecule has 2 rings (SSSR count). The summed E-state index contributed by atoms with van der Waals surface area (Å²) in [5.41, 5.74) is 0.320. The van der Waals surface area contributed by atoms with E-state index in [-0.39, 0.29) is 12.1 Å². The number of esters is 1. The summed E-state index contributed by atoms with van der Waals surface area (Å²) in [7, 11) is 0. The zero-order valence-electron chi connectivity index (χ0n) is 13.9. The molecule has 0 heterocycles. The summed E-state index contributed by atoms with van der Waals surface area (Å²) in [6, 6.07) is 0. The Morgan fingerprint density at radius 2 is 2.14 bits per heavy atom. The van der Waals surface area contributed by atoms with E-state index in [0.29, 0.717) is 36.2 Å². The predicted molar refractivity (Wildman–Crippen MR) is 83.8 cm³/mol. The van der Waals surface area contributed by atoms with Crippen LogP contribution in [-0.2, 0) is 9.53 Å². The lowest BCUT2D eigenvalue weighted by molar-refractivity contribution is -0.143. The maximum Gasteiger partial charge on any atom is 0.305 e. The Kier molecular flexibility index (Phi) is 5.70. The van der Waals surface area contributed by atoms with Crippen LogP contribution < -0.4 is 0 Å². The summed E-state index contributed by atoms with van der Waals surface area (Å²) >= 11 is 0. The van der Waals surface area contributed by atoms with Crippen LogP contribution in [0.25, 0.3) is 0 Å². The highest BCUT2D eigenvalue weighted by molar-refractivity contribution is 5.69. The van der Waals surface area contributed by atoms with E-state index in [0.717, 1.165) is 19.3 Å². The Labute approximate surface area is 129 Å². The van der Waals surface area contributed by atoms with Crippen LogP contribution in [0.5, 0.6) is 0 Å². The molecule has 2 aliphatic rings. The van der Waals surface area contributed by atoms with Crippen LogP contribution in [0.1, 0.15) is 72.1 Å². The lowest BCUT2D eigenvalue weighted by Crippen LogP contribution is -2.41. The fraction of sp³-hybridized carbons (Fsp3) is 0.944. The molecule has 3 heteroatoms. The highest BCUT2D eigenvalue weighted by Gasteiger charge is 2.51. The van der Waals surface area contributed by atoms with Crippen molar-refractivity contribution in [3.63, 3.8) is 0 Å². The smallest absolute Gasteiger partial charge is 0.305 e. The third-order valence-corrected chi connectivity index (χ3v) is 6.20. The van der Waals surface area contributed by atoms with E-state index in [1.54, 1.807) is 0 Å². The largest absolute Gasteiger partial charge is 0.466 e. The van der Waals surface area contributed by atoms with Gasteiger partial charge in [-0.2, -0.15) is 0 Å². The van der Waals surface area contributed by atoms with E-state index >= 15 is 0 Å². The van der Waals surface area contributed by atoms with Gasteiger partial charge in [0.05, 0.1) is 12.7 Å². The number of aliphatic hydroxyl groups excluding tert-OH is 1. The maximum atomic E-state index is 11.4. The van der Waals surface area contributed by atoms with Crippen LogP contribution in [0.15, 0.2) is 0 Å². The standard InChI is InChI=1S/C18H32O3/c1-4-21-17(20)9-5-7-13(2)14-10-11-15-16(19)8-6-12-18(14,15)3/h13-16,19H,4-12H2,1-3H3/t13?,14?,15?,16?,18-/m1/s1. The minimum atomic E-state index is -0.0829. The maximum absolute atomic E-state index is 11.4. The topological polar surface area (TPSA) is 46.5 Å². The molecule has 2 fully saturated rings. The predicted octanol–water partition coefficient (Wildman–Crippen LogP) is 3.93. The van der Waals surface area contributed by atoms with E-state index in [4.69, 9.17) is 4.74 Å². The van der Waals surface area contributed by atoms with E-state index in [1.165, 1.54) is 25.7 Å². The second-order valence-corrected chi connectivity index (χ2v) is 7.43. The molecule has 0 aromatic carbocycles. The zero-order valence-corrected chi connectivity index (χ0v) is 13.9. The van der Waals surface area contributed by atoms with Gasteiger partial charge in [0.15, 0.2) is 0 Å². The van der Waals surface area contributed by atoms with Gasteiger partial charge in [-0.25, -0.2) is 0 Å². The lowest BCUT2D eigenvalue weighted by atomic mass is 9.61. The van der Waals surface area contributed by atoms with Gasteiger partial charge in [-0.05, 0) is 68.6 Å². The molecular formula is C18H32O3. The second-order valence-electron chi connectivity index (χ2n) is 7.43. The Morgan fingerprint density at radius 1 is 1.38 bits per heavy atom. The minimum Gasteiger partial charge on any atom is -0.466 e. The van der Waals surface area contributed by atoms with Gasteiger partial charge in [0.25, 0.3) is 0 Å². The molecule has 2 saturated carbocycles. The first kappa shape index (κ1) is 16.8. The minimum absolute atomic E-state index is 0.0618. The van der Waals surface area contributed by atoms with Crippen molar-refractivity contribution in [2.45, 2.75) is 78.2 Å². The van der Waals surface area contributed by atoms with Crippen molar-refractivity contribution in [2.75, 3.05) is 6.61 Å². The third-order valence-electron chi connectivity index (χ3n) is 6.20. The normalized spacial score (nSPS) is 37.0. The first-order chi connectivity index (χ1) is 9.99. The molecule has 0 bridgehead atoms. The molecule has 21 heavy (non-hydrogen) atoms. The van der Waals surface area contributed by atoms with Crippen LogP contribution in [-0.4, -0.2) is 23.8 Å². The van der Waals surface area contributed by atoms with Crippen LogP contribution in [0.3, 0.4) is 0 Å². The first-order valence-corrected chi connectivity index (χ1v) is 8.82. The molecule has 122 valence electrons. The van der Waals surface area contributed by atoms with Crippen LogP contribution in [0.2, 0.25) is 0 Å². The average Bonchev–Trinajstić information content (AvgIpc) is 2.77. The van der Waals surface area contributed by atoms with E-state index in [2.05, 4.69) is 13.8 Å². The number of hydrogen-bond acceptors (Lipinski definition) is 3. The Morgan fingerprint density at radius 3 is 2.86 bits per heavy atom. The van der Waals surface area contributed by atoms with Gasteiger partial charge in [0, 0.05) is 6.42 Å². The molecule has 0 saturated heterocycles. The van der Waals surface area contributed by atoms with Gasteiger partial charge in [-0.1, -0.05) is 20.3 Å². The molecule has 0 radical (unpaired) electrons. The number of hydrogen-bond donors (Lipinski definition) is 1. The summed E-state index contributed by atoms with van der Waals surface area (Å²) in [5, 5.41) is 10.3. The number of aliphatic hydroxyl groups is 1. The fourth-order valence-electron chi connectivity index (χ4n) is 5.13. The van der Waals surface area contributed by atoms with Crippen molar-refractivity contribution in [2.24, 2.45) is 23.2 Å². The lowest BCUT2D eigenvalue weighted by Gasteiger charge is -2.45. The summed E-state index contributed by atoms with van der Waals surface area (Å²) < 4.78 is 5.00. The molecule has 4 unspecified atom stereocenters. The fourth-order valence-corrected chi connectivity index (χ4v) is 5.13. The Hall–Kier alpha value is -0.570. The number of carbonyl (C=O) groups excluding carboxylic acids is 1. The molecule has 1 N–H and O–H groups in total. The van der Waals surface area contributed by atoms with Gasteiger partial charge >= 0.3 is 5.97 Å². The molecule has 0 aromatic heterocycles. The Balaban J connectivity index is 1.85. The Bertz CT molecular complexity index is 354. The number of rotatable bonds is 6. The molecule has 0 aromatic rings. The zero-order chi connectivity index (χ0) is 15.5. The monoisotopic (exact) mass is 296 g/mol. The quantitative estimate of drug-likeness (QED) is 0.755. The molecule has 5 atom stereocenters. The van der Waals surface area contributed by atoms with Crippen molar-refractivity contribution in [3.05, 3.63) is 0 Å². The second kappa shape index (κ2) is 7.13. The van der Waals surface area contributed by atoms with Gasteiger partial charge in [0.2, 0.25) is 0 Å². The number of carbonyl (C=O) groups is 1. The van der Waals surface area contributed by atoms with E-state index < -0.39 is 0 Å². The van der Waals surface area contributed by atoms with Crippen molar-refractivity contribution >= 4 is 5.97 Å². The SMILES string of the molecule is CCOC(=O)CCCC(C)C1CCC2C(O)CCC[C@]12C. The van der Waals surface area contributed by atoms with Crippen LogP contribution >= 0.6 is 0 Å². The highest BCUT2D eigenvalue weighted by Crippen LogP contribution is 2.58. The van der Waals surface area contributed by atoms with Crippen molar-refractivity contribution in [1.29, 1.82) is 0 Å². The van der Waals surface area contributed by atoms with Crippen LogP contribution in [0.4, 0.5) is 0 Å². The van der Waals surface area contributed by atoms with Gasteiger partial charge < -0.3 is 9.84 Å². The highest BCUT2D eigenvalue weighted by atomic mass is 16.5. The van der Waals surface area contributed by atoms with Crippen molar-refractivity contribution in [3.8, 4) is 0 Å². The molecular weight excluding hydrogens is 264 g/mol. The number of ether oxygens (including phenoxy) is 1. The summed E-state index contributed by atoms with van der Waals surface area (Å²) in [4.78, 5) is 11.4. The van der Waals surface area contributed by atoms with E-state index in [9.17, 15) is 9.90 Å². The number of fused-ring (bicyclic) bond motifs is 1. The van der Waals surface area contributed by atoms with Crippen LogP contribution in [0, 0.1) is 23.2 Å². The average molecular weight is 296 g/mol. The van der Waals surface area contributed by atoms with Gasteiger partial charge in [-0.15, -0.1) is 0 Å². The van der Waals surface area contributed by atoms with E-state index in [1.807, 2.05) is 6.92 Å². The van der Waals surface area contributed by atoms with Gasteiger partial charge in [-0.3, -0.25) is 4.79 Å². The van der Waals surface area contributed by atoms with Gasteiger partial charge in [0.1, 0.15) is 0 Å². The molecule has 2 aliphatic carbocycles. The molecule has 0 amide bonds.